The third-order valence-electron chi connectivity index (χ3n) is 5.41. The maximum Gasteiger partial charge on any atom is 0.335 e. The lowest BCUT2D eigenvalue weighted by atomic mass is 9.99. The molecule has 1 heterocycles. The number of urea groups is 1. The second kappa shape index (κ2) is 9.12. The average Bonchev–Trinajstić information content (AvgIpc) is 2.77. The fourth-order valence-corrected chi connectivity index (χ4v) is 3.93. The molecule has 0 spiro atoms. The second-order valence-electron chi connectivity index (χ2n) is 8.07. The minimum atomic E-state index is -0.781. The Kier molecular flexibility index (Phi) is 6.09. The number of carbonyl (C=O) groups is 3. The summed E-state index contributed by atoms with van der Waals surface area (Å²) >= 11 is 0. The third kappa shape index (κ3) is 4.85. The van der Waals surface area contributed by atoms with Gasteiger partial charge < -0.3 is 4.74 Å². The normalized spacial score (nSPS) is 15.1. The van der Waals surface area contributed by atoms with E-state index in [9.17, 15) is 14.4 Å². The van der Waals surface area contributed by atoms with Crippen LogP contribution in [0.25, 0.3) is 6.08 Å². The van der Waals surface area contributed by atoms with Crippen molar-refractivity contribution in [3.8, 4) is 5.75 Å². The molecule has 1 N–H and O–H groups in total. The molecule has 166 valence electrons. The Balaban J connectivity index is 1.57. The highest BCUT2D eigenvalue weighted by Gasteiger charge is 2.36. The van der Waals surface area contributed by atoms with Crippen molar-refractivity contribution in [3.05, 3.63) is 100 Å². The number of methoxy groups -OCH3 is 1. The van der Waals surface area contributed by atoms with E-state index >= 15 is 0 Å². The van der Waals surface area contributed by atoms with Crippen LogP contribution in [0, 0.1) is 13.8 Å². The van der Waals surface area contributed by atoms with Gasteiger partial charge in [-0.25, -0.2) is 9.69 Å². The number of rotatable bonds is 5. The van der Waals surface area contributed by atoms with Gasteiger partial charge in [-0.1, -0.05) is 53.6 Å². The maximum absolute atomic E-state index is 13.0. The summed E-state index contributed by atoms with van der Waals surface area (Å²) in [6.07, 6.45) is 2.29. The molecule has 1 fully saturated rings. The van der Waals surface area contributed by atoms with Gasteiger partial charge in [-0.15, -0.1) is 0 Å². The molecule has 4 amide bonds. The van der Waals surface area contributed by atoms with Crippen molar-refractivity contribution < 1.29 is 19.1 Å². The van der Waals surface area contributed by atoms with E-state index in [1.165, 1.54) is 29.9 Å². The van der Waals surface area contributed by atoms with Crippen LogP contribution in [-0.2, 0) is 16.0 Å². The molecule has 1 aliphatic heterocycles. The Morgan fingerprint density at radius 1 is 0.848 bits per heavy atom. The topological polar surface area (TPSA) is 75.7 Å². The first-order valence-corrected chi connectivity index (χ1v) is 10.6. The van der Waals surface area contributed by atoms with Gasteiger partial charge in [0.1, 0.15) is 11.3 Å². The predicted molar refractivity (Wildman–Crippen MR) is 127 cm³/mol. The second-order valence-corrected chi connectivity index (χ2v) is 8.07. The van der Waals surface area contributed by atoms with Crippen molar-refractivity contribution in [3.63, 3.8) is 0 Å². The molecule has 6 nitrogen and oxygen atoms in total. The van der Waals surface area contributed by atoms with E-state index in [0.717, 1.165) is 16.9 Å². The number of benzene rings is 3. The van der Waals surface area contributed by atoms with Gasteiger partial charge in [-0.2, -0.15) is 0 Å². The molecule has 0 bridgehead atoms. The van der Waals surface area contributed by atoms with Crippen molar-refractivity contribution in [1.82, 2.24) is 5.32 Å². The number of hydrogen-bond donors (Lipinski definition) is 1. The predicted octanol–water partition coefficient (Wildman–Crippen LogP) is 4.57. The van der Waals surface area contributed by atoms with Crippen LogP contribution >= 0.6 is 0 Å². The number of imide groups is 2. The minimum absolute atomic E-state index is 0.104. The molecule has 0 radical (unpaired) electrons. The number of anilines is 1. The molecule has 3 aromatic rings. The summed E-state index contributed by atoms with van der Waals surface area (Å²) in [5, 5.41) is 2.24. The van der Waals surface area contributed by atoms with Gasteiger partial charge in [0.2, 0.25) is 0 Å². The summed E-state index contributed by atoms with van der Waals surface area (Å²) in [5.74, 6) is -0.793. The molecule has 3 aromatic carbocycles. The smallest absolute Gasteiger partial charge is 0.335 e. The molecule has 1 saturated heterocycles. The van der Waals surface area contributed by atoms with Gasteiger partial charge in [0.15, 0.2) is 0 Å². The lowest BCUT2D eigenvalue weighted by Crippen LogP contribution is -2.54. The van der Waals surface area contributed by atoms with E-state index in [0.29, 0.717) is 17.0 Å². The van der Waals surface area contributed by atoms with Crippen molar-refractivity contribution in [1.29, 1.82) is 0 Å². The lowest BCUT2D eigenvalue weighted by molar-refractivity contribution is -0.122. The molecule has 0 atom stereocenters. The summed E-state index contributed by atoms with van der Waals surface area (Å²) in [5.41, 5.74) is 5.74. The molecule has 33 heavy (non-hydrogen) atoms. The van der Waals surface area contributed by atoms with Gasteiger partial charge >= 0.3 is 6.03 Å². The first kappa shape index (κ1) is 22.0. The van der Waals surface area contributed by atoms with Crippen molar-refractivity contribution >= 4 is 29.6 Å². The number of aryl methyl sites for hydroxylation is 2. The van der Waals surface area contributed by atoms with E-state index in [2.05, 4.69) is 37.4 Å². The zero-order valence-electron chi connectivity index (χ0n) is 18.7. The van der Waals surface area contributed by atoms with Gasteiger partial charge in [-0.3, -0.25) is 14.9 Å². The lowest BCUT2D eigenvalue weighted by Gasteiger charge is -2.26. The molecule has 0 aliphatic carbocycles. The van der Waals surface area contributed by atoms with Crippen LogP contribution in [0.5, 0.6) is 5.75 Å². The first-order valence-electron chi connectivity index (χ1n) is 10.6. The molecule has 0 saturated carbocycles. The van der Waals surface area contributed by atoms with Gasteiger partial charge in [-0.05, 0) is 67.3 Å². The molecule has 0 unspecified atom stereocenters. The molecule has 1 aliphatic rings. The number of amides is 4. The Hall–Kier alpha value is -4.19. The van der Waals surface area contributed by atoms with Crippen LogP contribution in [-0.4, -0.2) is 25.0 Å². The fourth-order valence-electron chi connectivity index (χ4n) is 3.93. The third-order valence-corrected chi connectivity index (χ3v) is 5.41. The minimum Gasteiger partial charge on any atom is -0.497 e. The molecular weight excluding hydrogens is 416 g/mol. The zero-order chi connectivity index (χ0) is 23.5. The van der Waals surface area contributed by atoms with Crippen LogP contribution in [0.4, 0.5) is 10.5 Å². The summed E-state index contributed by atoms with van der Waals surface area (Å²) in [6.45, 7) is 4.16. The molecule has 4 rings (SSSR count). The van der Waals surface area contributed by atoms with Gasteiger partial charge in [0.25, 0.3) is 11.8 Å². The summed E-state index contributed by atoms with van der Waals surface area (Å²) in [6, 6.07) is 19.8. The highest BCUT2D eigenvalue weighted by molar-refractivity contribution is 6.39. The number of nitrogens with one attached hydrogen (secondary N) is 1. The number of nitrogens with zero attached hydrogens (tertiary/aromatic N) is 1. The SMILES string of the molecule is COc1ccc(N2C(=O)NC(=O)/C(=C\c3ccc(Cc4cc(C)cc(C)c4)cc3)C2=O)cc1. The molecular formula is C27H24N2O4. The van der Waals surface area contributed by atoms with E-state index in [1.54, 1.807) is 24.3 Å². The number of carbonyl (C=O) groups excluding carboxylic acids is 3. The standard InChI is InChI=1S/C27H24N2O4/c1-17-12-18(2)14-21(13-17)15-19-4-6-20(7-5-19)16-24-25(30)28-27(32)29(26(24)31)22-8-10-23(33-3)11-9-22/h4-14,16H,15H2,1-3H3,(H,28,30,32)/b24-16+. The maximum atomic E-state index is 13.0. The molecule has 0 aromatic heterocycles. The van der Waals surface area contributed by atoms with Crippen LogP contribution in [0.2, 0.25) is 0 Å². The van der Waals surface area contributed by atoms with E-state index in [-0.39, 0.29) is 5.57 Å². The highest BCUT2D eigenvalue weighted by atomic mass is 16.5. The van der Waals surface area contributed by atoms with Gasteiger partial charge in [0, 0.05) is 0 Å². The zero-order valence-corrected chi connectivity index (χ0v) is 18.7. The van der Waals surface area contributed by atoms with Crippen molar-refractivity contribution in [2.75, 3.05) is 12.0 Å². The highest BCUT2D eigenvalue weighted by Crippen LogP contribution is 2.24. The quantitative estimate of drug-likeness (QED) is 0.466. The fraction of sp³-hybridized carbons (Fsp3) is 0.148. The van der Waals surface area contributed by atoms with E-state index < -0.39 is 17.8 Å². The van der Waals surface area contributed by atoms with E-state index in [1.807, 2.05) is 24.3 Å². The number of barbiturate groups is 1. The summed E-state index contributed by atoms with van der Waals surface area (Å²) in [4.78, 5) is 38.7. The number of hydrogen-bond acceptors (Lipinski definition) is 4. The summed E-state index contributed by atoms with van der Waals surface area (Å²) in [7, 11) is 1.53. The van der Waals surface area contributed by atoms with Crippen LogP contribution in [0.15, 0.2) is 72.3 Å². The average molecular weight is 440 g/mol. The Bertz CT molecular complexity index is 1240. The number of ether oxygens (including phenoxy) is 1. The van der Waals surface area contributed by atoms with Crippen molar-refractivity contribution in [2.24, 2.45) is 0 Å². The van der Waals surface area contributed by atoms with Crippen LogP contribution in [0.1, 0.15) is 27.8 Å². The summed E-state index contributed by atoms with van der Waals surface area (Å²) < 4.78 is 5.12. The van der Waals surface area contributed by atoms with Crippen molar-refractivity contribution in [2.45, 2.75) is 20.3 Å². The Morgan fingerprint density at radius 2 is 1.48 bits per heavy atom. The van der Waals surface area contributed by atoms with E-state index in [4.69, 9.17) is 4.74 Å². The van der Waals surface area contributed by atoms with Crippen LogP contribution < -0.4 is 15.0 Å². The molecule has 6 heteroatoms. The Morgan fingerprint density at radius 3 is 2.09 bits per heavy atom. The monoisotopic (exact) mass is 440 g/mol. The van der Waals surface area contributed by atoms with Crippen LogP contribution in [0.3, 0.4) is 0 Å². The van der Waals surface area contributed by atoms with Gasteiger partial charge in [0.05, 0.1) is 12.8 Å². The Labute approximate surface area is 192 Å². The largest absolute Gasteiger partial charge is 0.497 e. The first-order chi connectivity index (χ1) is 15.8.